The third-order valence-electron chi connectivity index (χ3n) is 3.79. The summed E-state index contributed by atoms with van der Waals surface area (Å²) in [5.74, 6) is -1.07. The molecule has 0 amide bonds. The van der Waals surface area contributed by atoms with Crippen molar-refractivity contribution in [3.8, 4) is 0 Å². The van der Waals surface area contributed by atoms with Gasteiger partial charge < -0.3 is 5.32 Å². The first-order valence-electron chi connectivity index (χ1n) is 6.80. The van der Waals surface area contributed by atoms with Gasteiger partial charge in [-0.3, -0.25) is 0 Å². The fourth-order valence-corrected chi connectivity index (χ4v) is 2.72. The van der Waals surface area contributed by atoms with Gasteiger partial charge in [-0.15, -0.1) is 0 Å². The van der Waals surface area contributed by atoms with Crippen molar-refractivity contribution in [3.63, 3.8) is 0 Å². The quantitative estimate of drug-likeness (QED) is 0.775. The lowest BCUT2D eigenvalue weighted by atomic mass is 9.96. The first kappa shape index (κ1) is 16.1. The molecule has 0 spiro atoms. The number of halogens is 3. The molecule has 1 unspecified atom stereocenters. The van der Waals surface area contributed by atoms with Gasteiger partial charge in [0, 0.05) is 11.6 Å². The second-order valence-electron chi connectivity index (χ2n) is 5.22. The maximum Gasteiger partial charge on any atom is 0.145 e. The molecule has 0 saturated carbocycles. The Morgan fingerprint density at radius 2 is 1.81 bits per heavy atom. The van der Waals surface area contributed by atoms with Gasteiger partial charge in [0.05, 0.1) is 4.47 Å². The highest BCUT2D eigenvalue weighted by molar-refractivity contribution is 9.10. The Bertz CT molecular complexity index is 655. The molecular weight excluding hydrogens is 336 g/mol. The van der Waals surface area contributed by atoms with Crippen LogP contribution in [-0.2, 0) is 6.42 Å². The molecule has 0 fully saturated rings. The fourth-order valence-electron chi connectivity index (χ4n) is 2.38. The van der Waals surface area contributed by atoms with Gasteiger partial charge in [-0.1, -0.05) is 18.2 Å². The highest BCUT2D eigenvalue weighted by atomic mass is 79.9. The molecule has 0 saturated heterocycles. The van der Waals surface area contributed by atoms with Crippen molar-refractivity contribution in [2.75, 3.05) is 7.05 Å². The van der Waals surface area contributed by atoms with Crippen LogP contribution in [0.3, 0.4) is 0 Å². The number of benzene rings is 2. The zero-order valence-electron chi connectivity index (χ0n) is 12.3. The molecule has 1 atom stereocenters. The molecule has 2 rings (SSSR count). The molecule has 0 radical (unpaired) electrons. The largest absolute Gasteiger partial charge is 0.313 e. The maximum absolute atomic E-state index is 14.2. The summed E-state index contributed by atoms with van der Waals surface area (Å²) in [6.45, 7) is 4.08. The molecule has 2 aromatic rings. The monoisotopic (exact) mass is 353 g/mol. The maximum atomic E-state index is 14.2. The van der Waals surface area contributed by atoms with Gasteiger partial charge in [0.2, 0.25) is 0 Å². The molecule has 112 valence electrons. The second-order valence-corrected chi connectivity index (χ2v) is 6.08. The molecule has 0 bridgehead atoms. The van der Waals surface area contributed by atoms with Crippen LogP contribution in [0.25, 0.3) is 0 Å². The highest BCUT2D eigenvalue weighted by Gasteiger charge is 2.21. The smallest absolute Gasteiger partial charge is 0.145 e. The third-order valence-corrected chi connectivity index (χ3v) is 4.40. The minimum atomic E-state index is -0.543. The molecular formula is C17H18BrF2N. The first-order valence-corrected chi connectivity index (χ1v) is 7.60. The Morgan fingerprint density at radius 1 is 1.10 bits per heavy atom. The molecule has 0 aromatic heterocycles. The van der Waals surface area contributed by atoms with Gasteiger partial charge >= 0.3 is 0 Å². The number of nitrogens with one attached hydrogen (secondary N) is 1. The lowest BCUT2D eigenvalue weighted by molar-refractivity contribution is 0.486. The summed E-state index contributed by atoms with van der Waals surface area (Å²) in [4.78, 5) is 0. The van der Waals surface area contributed by atoms with E-state index < -0.39 is 17.7 Å². The summed E-state index contributed by atoms with van der Waals surface area (Å²) in [5, 5.41) is 3.01. The van der Waals surface area contributed by atoms with E-state index in [-0.39, 0.29) is 10.0 Å². The zero-order valence-corrected chi connectivity index (χ0v) is 13.9. The molecule has 21 heavy (non-hydrogen) atoms. The van der Waals surface area contributed by atoms with Crippen LogP contribution < -0.4 is 5.32 Å². The van der Waals surface area contributed by atoms with Crippen LogP contribution >= 0.6 is 15.9 Å². The number of hydrogen-bond donors (Lipinski definition) is 1. The van der Waals surface area contributed by atoms with Crippen molar-refractivity contribution >= 4 is 15.9 Å². The van der Waals surface area contributed by atoms with Crippen LogP contribution in [0.5, 0.6) is 0 Å². The summed E-state index contributed by atoms with van der Waals surface area (Å²) < 4.78 is 28.5. The van der Waals surface area contributed by atoms with Crippen molar-refractivity contribution in [2.45, 2.75) is 26.3 Å². The Morgan fingerprint density at radius 3 is 2.43 bits per heavy atom. The summed E-state index contributed by atoms with van der Waals surface area (Å²) in [6, 6.07) is 8.35. The lowest BCUT2D eigenvalue weighted by Gasteiger charge is -2.19. The summed E-state index contributed by atoms with van der Waals surface area (Å²) in [5.41, 5.74) is 3.51. The van der Waals surface area contributed by atoms with Crippen molar-refractivity contribution in [2.24, 2.45) is 0 Å². The van der Waals surface area contributed by atoms with Crippen molar-refractivity contribution in [3.05, 3.63) is 68.7 Å². The Hall–Kier alpha value is -1.26. The minimum absolute atomic E-state index is 0.0742. The molecule has 1 N–H and O–H groups in total. The minimum Gasteiger partial charge on any atom is -0.313 e. The van der Waals surface area contributed by atoms with Gasteiger partial charge in [-0.25, -0.2) is 8.78 Å². The van der Waals surface area contributed by atoms with E-state index in [0.717, 1.165) is 5.56 Å². The predicted octanol–water partition coefficient (Wildman–Crippen LogP) is 4.85. The topological polar surface area (TPSA) is 12.0 Å². The molecule has 4 heteroatoms. The van der Waals surface area contributed by atoms with Crippen LogP contribution in [-0.4, -0.2) is 7.05 Å². The fraction of sp³-hybridized carbons (Fsp3) is 0.294. The van der Waals surface area contributed by atoms with Gasteiger partial charge in [0.25, 0.3) is 0 Å². The molecule has 0 aliphatic carbocycles. The van der Waals surface area contributed by atoms with Crippen LogP contribution in [0.1, 0.15) is 28.3 Å². The van der Waals surface area contributed by atoms with Gasteiger partial charge in [0.15, 0.2) is 0 Å². The highest BCUT2D eigenvalue weighted by Crippen LogP contribution is 2.29. The van der Waals surface area contributed by atoms with Crippen LogP contribution in [0, 0.1) is 25.5 Å². The first-order chi connectivity index (χ1) is 9.93. The van der Waals surface area contributed by atoms with Crippen LogP contribution in [0.4, 0.5) is 8.78 Å². The number of likely N-dealkylation sites (N-methyl/N-ethyl adjacent to an activating group) is 1. The molecule has 2 aromatic carbocycles. The van der Waals surface area contributed by atoms with Crippen molar-refractivity contribution in [1.82, 2.24) is 5.32 Å². The second kappa shape index (κ2) is 6.67. The molecule has 0 heterocycles. The predicted molar refractivity (Wildman–Crippen MR) is 85.5 cm³/mol. The Balaban J connectivity index is 2.36. The normalized spacial score (nSPS) is 12.5. The van der Waals surface area contributed by atoms with Crippen molar-refractivity contribution < 1.29 is 8.78 Å². The van der Waals surface area contributed by atoms with E-state index in [1.165, 1.54) is 23.3 Å². The van der Waals surface area contributed by atoms with Gasteiger partial charge in [0.1, 0.15) is 11.6 Å². The van der Waals surface area contributed by atoms with Gasteiger partial charge in [-0.2, -0.15) is 0 Å². The summed E-state index contributed by atoms with van der Waals surface area (Å²) in [7, 11) is 1.71. The van der Waals surface area contributed by atoms with E-state index in [9.17, 15) is 8.78 Å². The Labute approximate surface area is 132 Å². The van der Waals surface area contributed by atoms with E-state index in [4.69, 9.17) is 0 Å². The van der Waals surface area contributed by atoms with E-state index in [1.807, 2.05) is 26.0 Å². The number of hydrogen-bond acceptors (Lipinski definition) is 1. The SMILES string of the molecule is CNC(Cc1ccc(C)c(C)c1)c1c(F)ccc(Br)c1F. The van der Waals surface area contributed by atoms with E-state index >= 15 is 0 Å². The third kappa shape index (κ3) is 3.50. The molecule has 0 aliphatic heterocycles. The van der Waals surface area contributed by atoms with E-state index in [0.29, 0.717) is 6.42 Å². The average molecular weight is 354 g/mol. The van der Waals surface area contributed by atoms with Crippen molar-refractivity contribution in [1.29, 1.82) is 0 Å². The summed E-state index contributed by atoms with van der Waals surface area (Å²) >= 11 is 3.11. The van der Waals surface area contributed by atoms with E-state index in [1.54, 1.807) is 7.05 Å². The molecule has 0 aliphatic rings. The van der Waals surface area contributed by atoms with Crippen LogP contribution in [0.15, 0.2) is 34.8 Å². The zero-order chi connectivity index (χ0) is 15.6. The number of rotatable bonds is 4. The van der Waals surface area contributed by atoms with E-state index in [2.05, 4.69) is 27.3 Å². The number of aryl methyl sites for hydroxylation is 2. The lowest BCUT2D eigenvalue weighted by Crippen LogP contribution is -2.21. The van der Waals surface area contributed by atoms with Gasteiger partial charge in [-0.05, 0) is 72.1 Å². The average Bonchev–Trinajstić information content (AvgIpc) is 2.46. The molecule has 1 nitrogen and oxygen atoms in total. The Kier molecular flexibility index (Phi) is 5.12. The summed E-state index contributed by atoms with van der Waals surface area (Å²) in [6.07, 6.45) is 0.530. The standard InChI is InChI=1S/C17H18BrF2N/c1-10-4-5-12(8-11(10)2)9-15(21-3)16-14(19)7-6-13(18)17(16)20/h4-8,15,21H,9H2,1-3H3. The van der Waals surface area contributed by atoms with Crippen LogP contribution in [0.2, 0.25) is 0 Å².